The summed E-state index contributed by atoms with van der Waals surface area (Å²) in [6, 6.07) is 58.5. The lowest BCUT2D eigenvalue weighted by molar-refractivity contribution is 0.346. The van der Waals surface area contributed by atoms with Gasteiger partial charge in [0.15, 0.2) is 11.7 Å². The van der Waals surface area contributed by atoms with Crippen molar-refractivity contribution in [3.05, 3.63) is 214 Å². The Morgan fingerprint density at radius 1 is 0.500 bits per heavy atom. The highest BCUT2D eigenvalue weighted by molar-refractivity contribution is 6.14. The van der Waals surface area contributed by atoms with Gasteiger partial charge in [0, 0.05) is 27.7 Å². The van der Waals surface area contributed by atoms with Crippen molar-refractivity contribution >= 4 is 23.3 Å². The van der Waals surface area contributed by atoms with E-state index in [1.807, 2.05) is 84.9 Å². The van der Waals surface area contributed by atoms with Crippen LogP contribution in [0.5, 0.6) is 0 Å². The van der Waals surface area contributed by atoms with Crippen LogP contribution in [0.25, 0.3) is 0 Å². The molecule has 2 unspecified atom stereocenters. The van der Waals surface area contributed by atoms with Gasteiger partial charge in [0.05, 0.1) is 11.6 Å². The number of amidine groups is 4. The number of hydrogen-bond acceptors (Lipinski definition) is 7. The van der Waals surface area contributed by atoms with Crippen molar-refractivity contribution < 1.29 is 0 Å². The van der Waals surface area contributed by atoms with Crippen molar-refractivity contribution in [3.63, 3.8) is 0 Å². The maximum absolute atomic E-state index is 10.7. The van der Waals surface area contributed by atoms with E-state index in [0.717, 1.165) is 76.3 Å². The molecule has 7 nitrogen and oxygen atoms in total. The van der Waals surface area contributed by atoms with Gasteiger partial charge in [-0.3, -0.25) is 0 Å². The average Bonchev–Trinajstić information content (AvgIpc) is 3.30. The normalized spacial score (nSPS) is 18.8. The van der Waals surface area contributed by atoms with E-state index < -0.39 is 0 Å². The quantitative estimate of drug-likeness (QED) is 0.163. The number of aliphatic imine (C=N–C) groups is 4. The minimum absolute atomic E-state index is 0.229. The third kappa shape index (κ3) is 6.94. The number of rotatable bonds is 8. The third-order valence-electron chi connectivity index (χ3n) is 11.1. The SMILES string of the molecule is N#Cc1cc(C2(c3ccc(C4=NC(c5ccccc5)=NC(c5ccccc5)N4)cc3)CCCCC2)ccc1C1=NC(c2ccccc2)NC(c2ccccc2)=N1. The van der Waals surface area contributed by atoms with Crippen molar-refractivity contribution in [2.75, 3.05) is 0 Å². The zero-order valence-corrected chi connectivity index (χ0v) is 31.0. The van der Waals surface area contributed by atoms with Crippen LogP contribution in [0, 0.1) is 11.3 Å². The number of hydrogen-bond donors (Lipinski definition) is 2. The predicted octanol–water partition coefficient (Wildman–Crippen LogP) is 9.80. The number of nitrogens with zero attached hydrogens (tertiary/aromatic N) is 5. The van der Waals surface area contributed by atoms with Gasteiger partial charge in [0.2, 0.25) is 0 Å². The molecule has 6 aromatic carbocycles. The first-order valence-corrected chi connectivity index (χ1v) is 19.4. The fourth-order valence-corrected chi connectivity index (χ4v) is 8.21. The fourth-order valence-electron chi connectivity index (χ4n) is 8.21. The first-order valence-electron chi connectivity index (χ1n) is 19.4. The van der Waals surface area contributed by atoms with Crippen LogP contribution in [0.15, 0.2) is 184 Å². The summed E-state index contributed by atoms with van der Waals surface area (Å²) in [7, 11) is 0. The van der Waals surface area contributed by atoms with Crippen LogP contribution in [0.3, 0.4) is 0 Å². The largest absolute Gasteiger partial charge is 0.344 e. The van der Waals surface area contributed by atoms with E-state index in [9.17, 15) is 5.26 Å². The Kier molecular flexibility index (Phi) is 9.61. The monoisotopic (exact) mass is 727 g/mol. The molecule has 2 aliphatic heterocycles. The molecule has 0 amide bonds. The summed E-state index contributed by atoms with van der Waals surface area (Å²) >= 11 is 0. The maximum Gasteiger partial charge on any atom is 0.160 e. The fraction of sp³-hybridized carbons (Fsp3) is 0.163. The highest BCUT2D eigenvalue weighted by atomic mass is 15.2. The van der Waals surface area contributed by atoms with Crippen LogP contribution in [-0.2, 0) is 5.41 Å². The molecule has 7 heteroatoms. The van der Waals surface area contributed by atoms with Gasteiger partial charge in [-0.05, 0) is 47.2 Å². The molecule has 0 spiro atoms. The summed E-state index contributed by atoms with van der Waals surface area (Å²) in [5.74, 6) is 2.78. The second-order valence-electron chi connectivity index (χ2n) is 14.6. The summed E-state index contributed by atoms with van der Waals surface area (Å²) in [5.41, 5.74) is 8.54. The Hall–Kier alpha value is -6.91. The molecule has 0 bridgehead atoms. The topological polar surface area (TPSA) is 97.3 Å². The summed E-state index contributed by atoms with van der Waals surface area (Å²) in [6.45, 7) is 0. The highest BCUT2D eigenvalue weighted by Crippen LogP contribution is 2.45. The molecule has 0 saturated heterocycles. The second kappa shape index (κ2) is 15.4. The molecule has 1 fully saturated rings. The number of nitriles is 1. The predicted molar refractivity (Wildman–Crippen MR) is 225 cm³/mol. The van der Waals surface area contributed by atoms with Gasteiger partial charge in [-0.15, -0.1) is 0 Å². The molecule has 56 heavy (non-hydrogen) atoms. The molecular formula is C49H41N7. The molecule has 272 valence electrons. The Balaban J connectivity index is 1.07. The van der Waals surface area contributed by atoms with Gasteiger partial charge in [-0.25, -0.2) is 20.0 Å². The van der Waals surface area contributed by atoms with E-state index in [1.165, 1.54) is 12.0 Å². The summed E-state index contributed by atoms with van der Waals surface area (Å²) in [4.78, 5) is 20.1. The summed E-state index contributed by atoms with van der Waals surface area (Å²) in [6.07, 6.45) is 4.87. The zero-order chi connectivity index (χ0) is 37.7. The maximum atomic E-state index is 10.7. The molecule has 6 aromatic rings. The minimum atomic E-state index is -0.338. The van der Waals surface area contributed by atoms with Crippen LogP contribution in [0.4, 0.5) is 0 Å². The highest BCUT2D eigenvalue weighted by Gasteiger charge is 2.37. The molecule has 3 aliphatic rings. The smallest absolute Gasteiger partial charge is 0.160 e. The van der Waals surface area contributed by atoms with E-state index in [4.69, 9.17) is 20.0 Å². The zero-order valence-electron chi connectivity index (χ0n) is 31.0. The van der Waals surface area contributed by atoms with Crippen LogP contribution in [0.1, 0.15) is 94.5 Å². The van der Waals surface area contributed by atoms with E-state index >= 15 is 0 Å². The standard InChI is InChI=1S/C49H41N7/c50-33-39-32-41(28-29-42(39)48-55-45(36-20-10-3-11-21-36)54-46(56-48)37-22-12-4-13-23-37)49(30-14-5-15-31-49)40-26-24-38(25-27-40)47-52-43(34-16-6-1-7-17-34)51-44(53-47)35-18-8-2-9-19-35/h1-4,6-13,16-29,32,43,45H,5,14-15,30-31H2,(H,51,52,53)(H,54,55,56). The second-order valence-corrected chi connectivity index (χ2v) is 14.6. The number of nitrogens with one attached hydrogen (secondary N) is 2. The molecule has 9 rings (SSSR count). The summed E-state index contributed by atoms with van der Waals surface area (Å²) in [5, 5.41) is 17.8. The molecule has 2 N–H and O–H groups in total. The van der Waals surface area contributed by atoms with E-state index in [-0.39, 0.29) is 17.7 Å². The van der Waals surface area contributed by atoms with Gasteiger partial charge >= 0.3 is 0 Å². The van der Waals surface area contributed by atoms with Crippen LogP contribution >= 0.6 is 0 Å². The lowest BCUT2D eigenvalue weighted by atomic mass is 9.65. The van der Waals surface area contributed by atoms with E-state index in [1.54, 1.807) is 0 Å². The average molecular weight is 728 g/mol. The summed E-state index contributed by atoms with van der Waals surface area (Å²) < 4.78 is 0. The third-order valence-corrected chi connectivity index (χ3v) is 11.1. The Morgan fingerprint density at radius 2 is 0.982 bits per heavy atom. The van der Waals surface area contributed by atoms with Gasteiger partial charge < -0.3 is 10.6 Å². The molecule has 0 aromatic heterocycles. The van der Waals surface area contributed by atoms with Crippen molar-refractivity contribution in [2.24, 2.45) is 20.0 Å². The van der Waals surface area contributed by atoms with Gasteiger partial charge in [-0.1, -0.05) is 171 Å². The lowest BCUT2D eigenvalue weighted by Gasteiger charge is -2.39. The first kappa shape index (κ1) is 34.8. The minimum Gasteiger partial charge on any atom is -0.344 e. The molecule has 2 heterocycles. The number of benzene rings is 6. The Labute approximate surface area is 328 Å². The lowest BCUT2D eigenvalue weighted by Crippen LogP contribution is -2.34. The van der Waals surface area contributed by atoms with Gasteiger partial charge in [-0.2, -0.15) is 5.26 Å². The van der Waals surface area contributed by atoms with Gasteiger partial charge in [0.1, 0.15) is 24.0 Å². The van der Waals surface area contributed by atoms with Crippen molar-refractivity contribution in [3.8, 4) is 6.07 Å². The molecule has 1 saturated carbocycles. The van der Waals surface area contributed by atoms with Gasteiger partial charge in [0.25, 0.3) is 0 Å². The van der Waals surface area contributed by atoms with Crippen LogP contribution < -0.4 is 10.6 Å². The van der Waals surface area contributed by atoms with Crippen molar-refractivity contribution in [1.82, 2.24) is 10.6 Å². The van der Waals surface area contributed by atoms with E-state index in [0.29, 0.717) is 17.2 Å². The first-order chi connectivity index (χ1) is 27.7. The van der Waals surface area contributed by atoms with Crippen LogP contribution in [-0.4, -0.2) is 23.3 Å². The molecule has 0 radical (unpaired) electrons. The van der Waals surface area contributed by atoms with Crippen molar-refractivity contribution in [1.29, 1.82) is 5.26 Å². The molecule has 2 atom stereocenters. The van der Waals surface area contributed by atoms with E-state index in [2.05, 4.69) is 95.6 Å². The molecular weight excluding hydrogens is 687 g/mol. The Morgan fingerprint density at radius 3 is 1.55 bits per heavy atom. The van der Waals surface area contributed by atoms with Crippen molar-refractivity contribution in [2.45, 2.75) is 49.9 Å². The van der Waals surface area contributed by atoms with Crippen LogP contribution in [0.2, 0.25) is 0 Å². The Bertz CT molecular complexity index is 2490. The molecule has 1 aliphatic carbocycles.